The fourth-order valence-corrected chi connectivity index (χ4v) is 2.68. The summed E-state index contributed by atoms with van der Waals surface area (Å²) in [6, 6.07) is 3.91. The molecule has 0 fully saturated rings. The van der Waals surface area contributed by atoms with E-state index in [4.69, 9.17) is 10.5 Å². The number of nitrogens with two attached hydrogens (primary N) is 1. The van der Waals surface area contributed by atoms with Crippen molar-refractivity contribution in [1.82, 2.24) is 4.98 Å². The highest BCUT2D eigenvalue weighted by atomic mass is 32.1. The third-order valence-electron chi connectivity index (χ3n) is 2.61. The van der Waals surface area contributed by atoms with Gasteiger partial charge in [0.05, 0.1) is 16.8 Å². The lowest BCUT2D eigenvalue weighted by molar-refractivity contribution is -0.274. The number of carbonyl (C=O) groups is 1. The quantitative estimate of drug-likeness (QED) is 0.578. The number of aromatic nitrogens is 1. The second-order valence-electron chi connectivity index (χ2n) is 4.50. The number of fused-ring (bicyclic) bond motifs is 1. The predicted molar refractivity (Wildman–Crippen MR) is 80.9 cm³/mol. The van der Waals surface area contributed by atoms with Gasteiger partial charge in [-0.15, -0.1) is 13.2 Å². The van der Waals surface area contributed by atoms with Crippen LogP contribution in [0, 0.1) is 0 Å². The molecular formula is C13H14F3N3O4S. The Morgan fingerprint density at radius 3 is 2.88 bits per heavy atom. The van der Waals surface area contributed by atoms with Crippen molar-refractivity contribution in [2.24, 2.45) is 5.73 Å². The molecule has 0 aliphatic heterocycles. The highest BCUT2D eigenvalue weighted by molar-refractivity contribution is 7.22. The summed E-state index contributed by atoms with van der Waals surface area (Å²) >= 11 is 1.18. The number of thiazole rings is 1. The molecule has 0 spiro atoms. The van der Waals surface area contributed by atoms with Crippen LogP contribution in [0.2, 0.25) is 0 Å². The van der Waals surface area contributed by atoms with Gasteiger partial charge in [0.2, 0.25) is 6.29 Å². The number of ether oxygens (including phenoxy) is 3. The summed E-state index contributed by atoms with van der Waals surface area (Å²) in [6.45, 7) is 2.09. The van der Waals surface area contributed by atoms with Crippen LogP contribution in [0.4, 0.5) is 23.1 Å². The van der Waals surface area contributed by atoms with Crippen molar-refractivity contribution in [2.75, 3.05) is 18.5 Å². The summed E-state index contributed by atoms with van der Waals surface area (Å²) in [6.07, 6.45) is -6.44. The van der Waals surface area contributed by atoms with E-state index in [1.54, 1.807) is 0 Å². The number of benzene rings is 1. The van der Waals surface area contributed by atoms with Crippen LogP contribution in [-0.4, -0.2) is 36.9 Å². The second kappa shape index (κ2) is 7.53. The molecule has 3 N–H and O–H groups in total. The van der Waals surface area contributed by atoms with Gasteiger partial charge in [-0.3, -0.25) is 0 Å². The first-order valence-electron chi connectivity index (χ1n) is 6.71. The Bertz CT molecular complexity index is 707. The van der Waals surface area contributed by atoms with Crippen LogP contribution in [0.5, 0.6) is 5.75 Å². The zero-order chi connectivity index (χ0) is 17.7. The van der Waals surface area contributed by atoms with E-state index >= 15 is 0 Å². The summed E-state index contributed by atoms with van der Waals surface area (Å²) in [5, 5.41) is 3.47. The number of rotatable bonds is 7. The molecule has 1 aromatic heterocycles. The van der Waals surface area contributed by atoms with Gasteiger partial charge in [0.25, 0.3) is 0 Å². The third kappa shape index (κ3) is 5.74. The van der Waals surface area contributed by atoms with E-state index in [-0.39, 0.29) is 12.4 Å². The number of alkyl halides is 3. The van der Waals surface area contributed by atoms with Gasteiger partial charge in [0.15, 0.2) is 5.13 Å². The molecule has 0 saturated heterocycles. The first kappa shape index (κ1) is 18.1. The molecule has 1 atom stereocenters. The average molecular weight is 365 g/mol. The Hall–Kier alpha value is -2.27. The van der Waals surface area contributed by atoms with Crippen molar-refractivity contribution in [2.45, 2.75) is 19.6 Å². The summed E-state index contributed by atoms with van der Waals surface area (Å²) < 4.78 is 50.7. The maximum absolute atomic E-state index is 12.2. The Morgan fingerprint density at radius 1 is 1.46 bits per heavy atom. The smallest absolute Gasteiger partial charge is 0.420 e. The monoisotopic (exact) mass is 365 g/mol. The van der Waals surface area contributed by atoms with Gasteiger partial charge < -0.3 is 25.3 Å². The number of primary amides is 1. The maximum Gasteiger partial charge on any atom is 0.573 e. The molecule has 0 aliphatic carbocycles. The average Bonchev–Trinajstić information content (AvgIpc) is 2.83. The highest BCUT2D eigenvalue weighted by Gasteiger charge is 2.31. The Kier molecular flexibility index (Phi) is 5.67. The van der Waals surface area contributed by atoms with Gasteiger partial charge >= 0.3 is 12.5 Å². The fourth-order valence-electron chi connectivity index (χ4n) is 1.76. The molecule has 2 rings (SSSR count). The predicted octanol–water partition coefficient (Wildman–Crippen LogP) is 3.06. The first-order valence-corrected chi connectivity index (χ1v) is 7.52. The van der Waals surface area contributed by atoms with E-state index in [0.717, 1.165) is 0 Å². The van der Waals surface area contributed by atoms with Crippen molar-refractivity contribution in [3.63, 3.8) is 0 Å². The molecule has 0 radical (unpaired) electrons. The molecule has 2 aromatic rings. The zero-order valence-electron chi connectivity index (χ0n) is 12.4. The van der Waals surface area contributed by atoms with Crippen LogP contribution >= 0.6 is 11.3 Å². The van der Waals surface area contributed by atoms with Gasteiger partial charge in [-0.1, -0.05) is 11.3 Å². The molecular weight excluding hydrogens is 351 g/mol. The van der Waals surface area contributed by atoms with Gasteiger partial charge in [0, 0.05) is 12.6 Å². The molecule has 11 heteroatoms. The molecule has 24 heavy (non-hydrogen) atoms. The van der Waals surface area contributed by atoms with E-state index in [1.807, 2.05) is 0 Å². The second-order valence-corrected chi connectivity index (χ2v) is 5.53. The molecule has 0 saturated carbocycles. The number of hydrogen-bond acceptors (Lipinski definition) is 7. The molecule has 132 valence electrons. The summed E-state index contributed by atoms with van der Waals surface area (Å²) in [5.41, 5.74) is 5.38. The van der Waals surface area contributed by atoms with Crippen molar-refractivity contribution < 1.29 is 32.2 Å². The van der Waals surface area contributed by atoms with E-state index < -0.39 is 18.7 Å². The lowest BCUT2D eigenvalue weighted by Gasteiger charge is -2.12. The van der Waals surface area contributed by atoms with Gasteiger partial charge in [-0.05, 0) is 19.1 Å². The molecule has 7 nitrogen and oxygen atoms in total. The van der Waals surface area contributed by atoms with E-state index in [9.17, 15) is 18.0 Å². The van der Waals surface area contributed by atoms with Crippen molar-refractivity contribution >= 4 is 32.8 Å². The molecule has 1 aromatic carbocycles. The van der Waals surface area contributed by atoms with Crippen LogP contribution in [-0.2, 0) is 9.47 Å². The van der Waals surface area contributed by atoms with Crippen molar-refractivity contribution in [1.29, 1.82) is 0 Å². The summed E-state index contributed by atoms with van der Waals surface area (Å²) in [7, 11) is 0. The van der Waals surface area contributed by atoms with Crippen LogP contribution in [0.3, 0.4) is 0 Å². The highest BCUT2D eigenvalue weighted by Crippen LogP contribution is 2.31. The number of hydrogen-bond donors (Lipinski definition) is 2. The standard InChI is InChI=1S/C13H14F3N3O4S/c1-7(22-11(17)20)21-5-4-18-12-19-9-3-2-8(6-10(9)24-12)23-13(14,15)16/h2-3,6-7H,4-5H2,1H3,(H2,17,20)(H,18,19). The molecule has 1 amide bonds. The van der Waals surface area contributed by atoms with Gasteiger partial charge in [-0.25, -0.2) is 9.78 Å². The third-order valence-corrected chi connectivity index (χ3v) is 3.58. The van der Waals surface area contributed by atoms with Crippen molar-refractivity contribution in [3.8, 4) is 5.75 Å². The fraction of sp³-hybridized carbons (Fsp3) is 0.385. The number of halogens is 3. The Morgan fingerprint density at radius 2 is 2.21 bits per heavy atom. The van der Waals surface area contributed by atoms with Crippen LogP contribution in [0.1, 0.15) is 6.92 Å². The number of nitrogens with zero attached hydrogens (tertiary/aromatic N) is 1. The minimum atomic E-state index is -4.74. The normalized spacial score (nSPS) is 12.8. The van der Waals surface area contributed by atoms with Crippen LogP contribution in [0.25, 0.3) is 10.2 Å². The minimum absolute atomic E-state index is 0.215. The number of carbonyl (C=O) groups excluding carboxylic acids is 1. The largest absolute Gasteiger partial charge is 0.573 e. The Labute approximate surface area is 138 Å². The lowest BCUT2D eigenvalue weighted by Crippen LogP contribution is -2.24. The van der Waals surface area contributed by atoms with Crippen LogP contribution in [0.15, 0.2) is 18.2 Å². The molecule has 0 aliphatic rings. The summed E-state index contributed by atoms with van der Waals surface area (Å²) in [5.74, 6) is -0.300. The van der Waals surface area contributed by atoms with Gasteiger partial charge in [0.1, 0.15) is 5.75 Å². The van der Waals surface area contributed by atoms with Crippen LogP contribution < -0.4 is 15.8 Å². The van der Waals surface area contributed by atoms with E-state index in [0.29, 0.717) is 21.9 Å². The number of nitrogens with one attached hydrogen (secondary N) is 1. The first-order chi connectivity index (χ1) is 11.2. The SMILES string of the molecule is CC(OCCNc1nc2ccc(OC(F)(F)F)cc2s1)OC(N)=O. The molecule has 1 heterocycles. The minimum Gasteiger partial charge on any atom is -0.420 e. The Balaban J connectivity index is 1.88. The lowest BCUT2D eigenvalue weighted by atomic mass is 10.3. The van der Waals surface area contributed by atoms with Gasteiger partial charge in [-0.2, -0.15) is 0 Å². The summed E-state index contributed by atoms with van der Waals surface area (Å²) in [4.78, 5) is 14.7. The zero-order valence-corrected chi connectivity index (χ0v) is 13.2. The van der Waals surface area contributed by atoms with E-state index in [1.165, 1.54) is 36.5 Å². The maximum atomic E-state index is 12.2. The topological polar surface area (TPSA) is 95.7 Å². The van der Waals surface area contributed by atoms with Crippen molar-refractivity contribution in [3.05, 3.63) is 18.2 Å². The van der Waals surface area contributed by atoms with E-state index in [2.05, 4.69) is 19.8 Å². The molecule has 0 bridgehead atoms. The number of amides is 1. The number of anilines is 1. The molecule has 1 unspecified atom stereocenters.